The summed E-state index contributed by atoms with van der Waals surface area (Å²) in [6.07, 6.45) is 0. The quantitative estimate of drug-likeness (QED) is 0.661. The summed E-state index contributed by atoms with van der Waals surface area (Å²) >= 11 is 4.80. The Labute approximate surface area is 156 Å². The van der Waals surface area contributed by atoms with Crippen LogP contribution in [0.25, 0.3) is 11.3 Å². The molecule has 1 N–H and O–H groups in total. The molecular formula is C18H13BrN2O3S. The Morgan fingerprint density at radius 2 is 1.92 bits per heavy atom. The number of benzene rings is 2. The molecule has 126 valence electrons. The Bertz CT molecular complexity index is 953. The maximum atomic E-state index is 12.3. The van der Waals surface area contributed by atoms with Gasteiger partial charge < -0.3 is 9.47 Å². The summed E-state index contributed by atoms with van der Waals surface area (Å²) in [6, 6.07) is 12.9. The molecule has 1 aliphatic rings. The average Bonchev–Trinajstić information content (AvgIpc) is 3.21. The SMILES string of the molecule is Cc1sc(NC(=O)c2ccc(Br)cc2)nc1-c1ccc2c(c1)OCO2. The lowest BCUT2D eigenvalue weighted by Gasteiger charge is -2.02. The van der Waals surface area contributed by atoms with Gasteiger partial charge in [-0.2, -0.15) is 0 Å². The number of amides is 1. The van der Waals surface area contributed by atoms with E-state index >= 15 is 0 Å². The molecule has 1 aromatic heterocycles. The number of nitrogens with one attached hydrogen (secondary N) is 1. The van der Waals surface area contributed by atoms with Gasteiger partial charge in [-0.3, -0.25) is 10.1 Å². The summed E-state index contributed by atoms with van der Waals surface area (Å²) in [6.45, 7) is 2.22. The fourth-order valence-corrected chi connectivity index (χ4v) is 3.63. The van der Waals surface area contributed by atoms with Gasteiger partial charge in [0.2, 0.25) is 6.79 Å². The Hall–Kier alpha value is -2.38. The number of nitrogens with zero attached hydrogens (tertiary/aromatic N) is 1. The smallest absolute Gasteiger partial charge is 0.257 e. The highest BCUT2D eigenvalue weighted by Gasteiger charge is 2.17. The number of rotatable bonds is 3. The molecule has 1 amide bonds. The van der Waals surface area contributed by atoms with E-state index in [-0.39, 0.29) is 12.7 Å². The summed E-state index contributed by atoms with van der Waals surface area (Å²) in [5.41, 5.74) is 2.34. The number of anilines is 1. The van der Waals surface area contributed by atoms with Gasteiger partial charge in [0.15, 0.2) is 16.6 Å². The van der Waals surface area contributed by atoms with Crippen LogP contribution >= 0.6 is 27.3 Å². The molecule has 2 heterocycles. The molecule has 0 aliphatic carbocycles. The van der Waals surface area contributed by atoms with Crippen molar-refractivity contribution >= 4 is 38.3 Å². The molecular weight excluding hydrogens is 404 g/mol. The van der Waals surface area contributed by atoms with E-state index < -0.39 is 0 Å². The lowest BCUT2D eigenvalue weighted by atomic mass is 10.1. The maximum absolute atomic E-state index is 12.3. The highest BCUT2D eigenvalue weighted by Crippen LogP contribution is 2.38. The monoisotopic (exact) mass is 416 g/mol. The van der Waals surface area contributed by atoms with Crippen LogP contribution in [-0.2, 0) is 0 Å². The van der Waals surface area contributed by atoms with Gasteiger partial charge in [-0.25, -0.2) is 4.98 Å². The van der Waals surface area contributed by atoms with E-state index in [1.54, 1.807) is 12.1 Å². The van der Waals surface area contributed by atoms with Crippen LogP contribution in [0.1, 0.15) is 15.2 Å². The van der Waals surface area contributed by atoms with Gasteiger partial charge in [-0.1, -0.05) is 15.9 Å². The third kappa shape index (κ3) is 3.25. The second-order valence-electron chi connectivity index (χ2n) is 5.45. The second-order valence-corrected chi connectivity index (χ2v) is 7.57. The number of hydrogen-bond acceptors (Lipinski definition) is 5. The summed E-state index contributed by atoms with van der Waals surface area (Å²) in [5.74, 6) is 1.27. The molecule has 0 saturated heterocycles. The Morgan fingerprint density at radius 1 is 1.16 bits per heavy atom. The van der Waals surface area contributed by atoms with Gasteiger partial charge in [0.05, 0.1) is 5.69 Å². The summed E-state index contributed by atoms with van der Waals surface area (Å²) in [7, 11) is 0. The molecule has 5 nitrogen and oxygen atoms in total. The van der Waals surface area contributed by atoms with Crippen LogP contribution in [0, 0.1) is 6.92 Å². The molecule has 7 heteroatoms. The minimum absolute atomic E-state index is 0.182. The molecule has 0 spiro atoms. The molecule has 25 heavy (non-hydrogen) atoms. The van der Waals surface area contributed by atoms with Crippen molar-refractivity contribution in [1.29, 1.82) is 0 Å². The normalized spacial score (nSPS) is 12.2. The number of thiazole rings is 1. The minimum atomic E-state index is -0.182. The van der Waals surface area contributed by atoms with Gasteiger partial charge in [0.25, 0.3) is 5.91 Å². The number of aryl methyl sites for hydroxylation is 1. The van der Waals surface area contributed by atoms with Crippen molar-refractivity contribution in [3.05, 3.63) is 57.4 Å². The molecule has 0 fully saturated rings. The third-order valence-corrected chi connectivity index (χ3v) is 5.18. The third-order valence-electron chi connectivity index (χ3n) is 3.77. The molecule has 0 atom stereocenters. The van der Waals surface area contributed by atoms with Crippen LogP contribution in [0.2, 0.25) is 0 Å². The molecule has 0 bridgehead atoms. The van der Waals surface area contributed by atoms with Crippen molar-refractivity contribution in [2.45, 2.75) is 6.92 Å². The van der Waals surface area contributed by atoms with Crippen molar-refractivity contribution in [3.8, 4) is 22.8 Å². The molecule has 0 unspecified atom stereocenters. The van der Waals surface area contributed by atoms with Crippen molar-refractivity contribution in [2.24, 2.45) is 0 Å². The summed E-state index contributed by atoms with van der Waals surface area (Å²) < 4.78 is 11.7. The lowest BCUT2D eigenvalue weighted by molar-refractivity contribution is 0.102. The molecule has 0 radical (unpaired) electrons. The fourth-order valence-electron chi connectivity index (χ4n) is 2.53. The van der Waals surface area contributed by atoms with Crippen molar-refractivity contribution < 1.29 is 14.3 Å². The van der Waals surface area contributed by atoms with E-state index in [9.17, 15) is 4.79 Å². The number of aromatic nitrogens is 1. The average molecular weight is 417 g/mol. The van der Waals surface area contributed by atoms with Gasteiger partial charge in [-0.15, -0.1) is 11.3 Å². The molecule has 4 rings (SSSR count). The topological polar surface area (TPSA) is 60.5 Å². The van der Waals surface area contributed by atoms with E-state index in [0.717, 1.165) is 26.4 Å². The highest BCUT2D eigenvalue weighted by molar-refractivity contribution is 9.10. The van der Waals surface area contributed by atoms with Gasteiger partial charge >= 0.3 is 0 Å². The van der Waals surface area contributed by atoms with Gasteiger partial charge in [-0.05, 0) is 49.4 Å². The predicted molar refractivity (Wildman–Crippen MR) is 101 cm³/mol. The molecule has 0 saturated carbocycles. The molecule has 3 aromatic rings. The summed E-state index contributed by atoms with van der Waals surface area (Å²) in [5, 5.41) is 3.43. The van der Waals surface area contributed by atoms with Crippen LogP contribution in [0.5, 0.6) is 11.5 Å². The van der Waals surface area contributed by atoms with Crippen molar-refractivity contribution in [1.82, 2.24) is 4.98 Å². The number of carbonyl (C=O) groups excluding carboxylic acids is 1. The molecule has 2 aromatic carbocycles. The second kappa shape index (κ2) is 6.50. The number of hydrogen-bond donors (Lipinski definition) is 1. The van der Waals surface area contributed by atoms with Crippen LogP contribution in [-0.4, -0.2) is 17.7 Å². The first-order chi connectivity index (χ1) is 12.1. The Kier molecular flexibility index (Phi) is 4.19. The zero-order valence-electron chi connectivity index (χ0n) is 13.2. The summed E-state index contributed by atoms with van der Waals surface area (Å²) in [4.78, 5) is 17.9. The fraction of sp³-hybridized carbons (Fsp3) is 0.111. The van der Waals surface area contributed by atoms with E-state index in [1.807, 2.05) is 37.3 Å². The van der Waals surface area contributed by atoms with E-state index in [2.05, 4.69) is 26.2 Å². The zero-order chi connectivity index (χ0) is 17.4. The highest BCUT2D eigenvalue weighted by atomic mass is 79.9. The van der Waals surface area contributed by atoms with Crippen LogP contribution in [0.3, 0.4) is 0 Å². The first-order valence-corrected chi connectivity index (χ1v) is 9.15. The van der Waals surface area contributed by atoms with Crippen LogP contribution in [0.4, 0.5) is 5.13 Å². The number of ether oxygens (including phenoxy) is 2. The Morgan fingerprint density at radius 3 is 2.72 bits per heavy atom. The van der Waals surface area contributed by atoms with E-state index in [0.29, 0.717) is 16.4 Å². The molecule has 1 aliphatic heterocycles. The van der Waals surface area contributed by atoms with Crippen LogP contribution in [0.15, 0.2) is 46.9 Å². The standard InChI is InChI=1S/C18H13BrN2O3S/c1-10-16(12-4-7-14-15(8-12)24-9-23-14)20-18(25-10)21-17(22)11-2-5-13(19)6-3-11/h2-8H,9H2,1H3,(H,20,21,22). The Balaban J connectivity index is 1.58. The van der Waals surface area contributed by atoms with E-state index in [1.165, 1.54) is 11.3 Å². The number of fused-ring (bicyclic) bond motifs is 1. The van der Waals surface area contributed by atoms with Crippen molar-refractivity contribution in [3.63, 3.8) is 0 Å². The van der Waals surface area contributed by atoms with Crippen molar-refractivity contribution in [2.75, 3.05) is 12.1 Å². The minimum Gasteiger partial charge on any atom is -0.454 e. The van der Waals surface area contributed by atoms with Gasteiger partial charge in [0, 0.05) is 20.5 Å². The van der Waals surface area contributed by atoms with E-state index in [4.69, 9.17) is 9.47 Å². The van der Waals surface area contributed by atoms with Gasteiger partial charge in [0.1, 0.15) is 0 Å². The number of carbonyl (C=O) groups is 1. The first-order valence-electron chi connectivity index (χ1n) is 7.54. The predicted octanol–water partition coefficient (Wildman–Crippen LogP) is 4.86. The van der Waals surface area contributed by atoms with Crippen LogP contribution < -0.4 is 14.8 Å². The largest absolute Gasteiger partial charge is 0.454 e. The maximum Gasteiger partial charge on any atom is 0.257 e. The first kappa shape index (κ1) is 16.1. The zero-order valence-corrected chi connectivity index (χ0v) is 15.6. The lowest BCUT2D eigenvalue weighted by Crippen LogP contribution is -2.11. The number of halogens is 1.